The van der Waals surface area contributed by atoms with Crippen LogP contribution < -0.4 is 0 Å². The minimum atomic E-state index is 0.166. The van der Waals surface area contributed by atoms with Crippen molar-refractivity contribution in [2.45, 2.75) is 96.9 Å². The molecule has 3 nitrogen and oxygen atoms in total. The Morgan fingerprint density at radius 1 is 1.09 bits per heavy atom. The first-order chi connectivity index (χ1) is 21.2. The second-order valence-electron chi connectivity index (χ2n) is 12.9. The summed E-state index contributed by atoms with van der Waals surface area (Å²) in [6.07, 6.45) is 30.6. The quantitative estimate of drug-likeness (QED) is 0.0891. The Labute approximate surface area is 260 Å². The van der Waals surface area contributed by atoms with E-state index in [0.717, 1.165) is 62.1 Å². The predicted octanol–water partition coefficient (Wildman–Crippen LogP) is 10.4. The van der Waals surface area contributed by atoms with Crippen LogP contribution in [0.3, 0.4) is 0 Å². The summed E-state index contributed by atoms with van der Waals surface area (Å²) in [4.78, 5) is 13.3. The number of carbonyl (C=O) groups excluding carboxylic acids is 1. The molecule has 1 aromatic carbocycles. The Hall–Kier alpha value is -2.99. The molecule has 1 fully saturated rings. The molecule has 4 heteroatoms. The van der Waals surface area contributed by atoms with Gasteiger partial charge < -0.3 is 4.57 Å². The fraction of sp³-hybridized carbons (Fsp3) is 0.462. The Morgan fingerprint density at radius 2 is 1.95 bits per heavy atom. The molecule has 1 saturated carbocycles. The molecular weight excluding hydrogens is 543 g/mol. The van der Waals surface area contributed by atoms with E-state index in [1.54, 1.807) is 0 Å². The van der Waals surface area contributed by atoms with Gasteiger partial charge in [-0.15, -0.1) is 5.73 Å². The smallest absolute Gasteiger partial charge is 0.189 e. The van der Waals surface area contributed by atoms with Crippen LogP contribution in [0, 0.1) is 17.8 Å². The Bertz CT molecular complexity index is 1550. The lowest BCUT2D eigenvalue weighted by Crippen LogP contribution is -2.24. The number of Topliss-reactive ketones (excluding diaryl/α,β-unsaturated/α-hetero) is 1. The number of hydrogen-bond donors (Lipinski definition) is 0. The van der Waals surface area contributed by atoms with Gasteiger partial charge in [0.15, 0.2) is 5.78 Å². The first kappa shape index (κ1) is 30.1. The van der Waals surface area contributed by atoms with E-state index in [2.05, 4.69) is 66.3 Å². The van der Waals surface area contributed by atoms with Crippen molar-refractivity contribution in [2.24, 2.45) is 22.5 Å². The second kappa shape index (κ2) is 14.2. The Kier molecular flexibility index (Phi) is 9.92. The van der Waals surface area contributed by atoms with Gasteiger partial charge >= 0.3 is 0 Å². The summed E-state index contributed by atoms with van der Waals surface area (Å²) < 4.78 is 7.95. The van der Waals surface area contributed by atoms with Crippen LogP contribution in [0.15, 0.2) is 88.7 Å². The molecule has 0 bridgehead atoms. The number of aryl methyl sites for hydroxylation is 1. The van der Waals surface area contributed by atoms with Crippen LogP contribution >= 0.6 is 8.73 Å². The molecule has 2 aromatic rings. The highest BCUT2D eigenvalue weighted by molar-refractivity contribution is 7.41. The largest absolute Gasteiger partial charge is 0.345 e. The SMILES string of the molecule is C=C=C(PN=C(CCC1CCCCCC1)C1CCc2c(c3cc(C(=O)C4=CC=CC4)ccc3n2CC)C1)C1C=CC=CC1. The van der Waals surface area contributed by atoms with E-state index in [1.807, 2.05) is 18.2 Å². The van der Waals surface area contributed by atoms with Crippen LogP contribution in [0.1, 0.15) is 99.2 Å². The molecule has 1 heterocycles. The van der Waals surface area contributed by atoms with Crippen LogP contribution in [0.5, 0.6) is 0 Å². The van der Waals surface area contributed by atoms with Crippen molar-refractivity contribution >= 4 is 31.1 Å². The van der Waals surface area contributed by atoms with Crippen molar-refractivity contribution in [3.05, 3.63) is 101 Å². The lowest BCUT2D eigenvalue weighted by molar-refractivity contribution is 0.103. The number of hydrogen-bond acceptors (Lipinski definition) is 2. The zero-order valence-electron chi connectivity index (χ0n) is 25.9. The molecule has 0 spiro atoms. The lowest BCUT2D eigenvalue weighted by Gasteiger charge is -2.27. The fourth-order valence-corrected chi connectivity index (χ4v) is 8.79. The first-order valence-corrected chi connectivity index (χ1v) is 17.7. The third kappa shape index (κ3) is 6.74. The van der Waals surface area contributed by atoms with Crippen molar-refractivity contribution < 1.29 is 4.79 Å². The summed E-state index contributed by atoms with van der Waals surface area (Å²) in [5.41, 5.74) is 10.6. The number of aromatic nitrogens is 1. The molecule has 0 N–H and O–H groups in total. The van der Waals surface area contributed by atoms with Crippen LogP contribution in [-0.4, -0.2) is 16.1 Å². The van der Waals surface area contributed by atoms with Gasteiger partial charge in [0, 0.05) is 65.9 Å². The van der Waals surface area contributed by atoms with Gasteiger partial charge in [0.05, 0.1) is 0 Å². The van der Waals surface area contributed by atoms with E-state index in [-0.39, 0.29) is 5.78 Å². The molecule has 0 amide bonds. The average molecular weight is 591 g/mol. The van der Waals surface area contributed by atoms with Crippen LogP contribution in [0.4, 0.5) is 0 Å². The van der Waals surface area contributed by atoms with E-state index in [1.165, 1.54) is 78.1 Å². The number of benzene rings is 1. The zero-order chi connectivity index (χ0) is 29.6. The van der Waals surface area contributed by atoms with Crippen molar-refractivity contribution in [1.82, 2.24) is 4.57 Å². The molecule has 1 aromatic heterocycles. The number of rotatable bonds is 10. The minimum Gasteiger partial charge on any atom is -0.345 e. The third-order valence-corrected chi connectivity index (χ3v) is 11.4. The van der Waals surface area contributed by atoms with Gasteiger partial charge in [-0.05, 0) is 81.5 Å². The van der Waals surface area contributed by atoms with Crippen molar-refractivity contribution in [2.75, 3.05) is 0 Å². The molecule has 6 rings (SSSR count). The maximum atomic E-state index is 13.3. The molecule has 0 aliphatic heterocycles. The molecule has 224 valence electrons. The molecule has 3 atom stereocenters. The summed E-state index contributed by atoms with van der Waals surface area (Å²) in [6.45, 7) is 7.27. The third-order valence-electron chi connectivity index (χ3n) is 10.2. The van der Waals surface area contributed by atoms with E-state index in [4.69, 9.17) is 4.76 Å². The van der Waals surface area contributed by atoms with E-state index >= 15 is 0 Å². The molecular formula is C39H47N2OP. The Balaban J connectivity index is 1.29. The van der Waals surface area contributed by atoms with Crippen LogP contribution in [0.25, 0.3) is 10.9 Å². The number of fused-ring (bicyclic) bond motifs is 3. The van der Waals surface area contributed by atoms with Gasteiger partial charge in [0.1, 0.15) is 0 Å². The number of nitrogens with zero attached hydrogens (tertiary/aromatic N) is 2. The summed E-state index contributed by atoms with van der Waals surface area (Å²) in [5, 5.41) is 2.51. The lowest BCUT2D eigenvalue weighted by atomic mass is 9.80. The van der Waals surface area contributed by atoms with Gasteiger partial charge in [-0.3, -0.25) is 9.56 Å². The van der Waals surface area contributed by atoms with Gasteiger partial charge in [-0.25, -0.2) is 0 Å². The highest BCUT2D eigenvalue weighted by atomic mass is 31.1. The van der Waals surface area contributed by atoms with Crippen molar-refractivity contribution in [3.63, 3.8) is 0 Å². The summed E-state index contributed by atoms with van der Waals surface area (Å²) in [6, 6.07) is 6.42. The average Bonchev–Trinajstić information content (AvgIpc) is 3.61. The zero-order valence-corrected chi connectivity index (χ0v) is 26.9. The van der Waals surface area contributed by atoms with Crippen LogP contribution in [0.2, 0.25) is 0 Å². The van der Waals surface area contributed by atoms with E-state index in [9.17, 15) is 4.79 Å². The molecule has 43 heavy (non-hydrogen) atoms. The Morgan fingerprint density at radius 3 is 2.67 bits per heavy atom. The fourth-order valence-electron chi connectivity index (χ4n) is 7.77. The van der Waals surface area contributed by atoms with E-state index in [0.29, 0.717) is 20.6 Å². The summed E-state index contributed by atoms with van der Waals surface area (Å²) >= 11 is 0. The van der Waals surface area contributed by atoms with Gasteiger partial charge in [0.2, 0.25) is 0 Å². The van der Waals surface area contributed by atoms with Gasteiger partial charge in [-0.2, -0.15) is 0 Å². The molecule has 4 aliphatic carbocycles. The molecule has 0 radical (unpaired) electrons. The summed E-state index contributed by atoms with van der Waals surface area (Å²) in [7, 11) is 0.397. The van der Waals surface area contributed by atoms with E-state index < -0.39 is 0 Å². The summed E-state index contributed by atoms with van der Waals surface area (Å²) in [5.74, 6) is 1.83. The maximum absolute atomic E-state index is 13.3. The molecule has 3 unspecified atom stereocenters. The van der Waals surface area contributed by atoms with Gasteiger partial charge in [-0.1, -0.05) is 87.6 Å². The van der Waals surface area contributed by atoms with Crippen LogP contribution in [-0.2, 0) is 19.4 Å². The molecule has 0 saturated heterocycles. The van der Waals surface area contributed by atoms with Crippen molar-refractivity contribution in [1.29, 1.82) is 0 Å². The van der Waals surface area contributed by atoms with Gasteiger partial charge in [0.25, 0.3) is 0 Å². The second-order valence-corrected chi connectivity index (χ2v) is 13.8. The minimum absolute atomic E-state index is 0.166. The highest BCUT2D eigenvalue weighted by Gasteiger charge is 2.29. The van der Waals surface area contributed by atoms with Crippen molar-refractivity contribution in [3.8, 4) is 0 Å². The topological polar surface area (TPSA) is 34.4 Å². The highest BCUT2D eigenvalue weighted by Crippen LogP contribution is 2.40. The number of allylic oxidation sites excluding steroid dienone is 9. The first-order valence-electron chi connectivity index (χ1n) is 16.8. The monoisotopic (exact) mass is 590 g/mol. The number of ketones is 1. The maximum Gasteiger partial charge on any atom is 0.189 e. The standard InChI is InChI=1S/C39H47N2OP/c1-3-38(29-16-10-7-11-17-29)43-40-35(23-20-28-14-8-5-6-9-15-28)31-21-24-36-33(26-31)34-27-32(22-25-37(34)41(36)4-2)39(42)30-18-12-13-19-30/h7,10-13,16,18,22,25,27-29,31,43H,1,4-6,8-9,14-15,17,19-21,23-24,26H2,2H3. The normalized spacial score (nSPS) is 22.6. The number of carbonyl (C=O) groups is 1. The molecule has 4 aliphatic rings. The predicted molar refractivity (Wildman–Crippen MR) is 185 cm³/mol.